The van der Waals surface area contributed by atoms with E-state index in [4.69, 9.17) is 11.6 Å². The van der Waals surface area contributed by atoms with Gasteiger partial charge >= 0.3 is 0 Å². The van der Waals surface area contributed by atoms with E-state index in [1.807, 2.05) is 6.07 Å². The topological polar surface area (TPSA) is 139 Å². The summed E-state index contributed by atoms with van der Waals surface area (Å²) >= 11 is 5.86. The first-order valence-electron chi connectivity index (χ1n) is 10.8. The Balaban J connectivity index is 1.68. The van der Waals surface area contributed by atoms with Crippen molar-refractivity contribution < 1.29 is 18.0 Å². The van der Waals surface area contributed by atoms with Crippen molar-refractivity contribution in [3.63, 3.8) is 0 Å². The maximum Gasteiger partial charge on any atom is 0.269 e. The molecule has 11 heteroatoms. The number of benzene rings is 1. The van der Waals surface area contributed by atoms with E-state index in [1.165, 1.54) is 12.1 Å². The highest BCUT2D eigenvalue weighted by Gasteiger charge is 2.25. The summed E-state index contributed by atoms with van der Waals surface area (Å²) in [7, 11) is -3.42. The smallest absolute Gasteiger partial charge is 0.269 e. The van der Waals surface area contributed by atoms with Crippen LogP contribution in [0.3, 0.4) is 0 Å². The normalized spacial score (nSPS) is 12.5. The fraction of sp³-hybridized carbons (Fsp3) is 0.409. The molecule has 0 saturated heterocycles. The molecule has 0 aliphatic heterocycles. The largest absolute Gasteiger partial charge is 0.364 e. The Kier molecular flexibility index (Phi) is 8.51. The van der Waals surface area contributed by atoms with E-state index in [-0.39, 0.29) is 28.8 Å². The van der Waals surface area contributed by atoms with Crippen LogP contribution >= 0.6 is 11.6 Å². The van der Waals surface area contributed by atoms with Crippen molar-refractivity contribution in [1.82, 2.24) is 25.6 Å². The summed E-state index contributed by atoms with van der Waals surface area (Å²) in [5.41, 5.74) is 1.58. The summed E-state index contributed by atoms with van der Waals surface area (Å²) in [6, 6.07) is 8.07. The highest BCUT2D eigenvalue weighted by molar-refractivity contribution is 7.91. The lowest BCUT2D eigenvalue weighted by Crippen LogP contribution is -2.19. The minimum absolute atomic E-state index is 0.0201. The Morgan fingerprint density at radius 3 is 2.48 bits per heavy atom. The van der Waals surface area contributed by atoms with Crippen molar-refractivity contribution >= 4 is 33.0 Å². The number of ketones is 2. The zero-order chi connectivity index (χ0) is 23.8. The number of unbranched alkanes of at least 4 members (excludes halogenated alkanes) is 1. The van der Waals surface area contributed by atoms with Gasteiger partial charge in [0, 0.05) is 16.9 Å². The fourth-order valence-corrected chi connectivity index (χ4v) is 5.22. The third-order valence-electron chi connectivity index (χ3n) is 5.49. The molecule has 1 unspecified atom stereocenters. The Morgan fingerprint density at radius 1 is 1.09 bits per heavy atom. The Morgan fingerprint density at radius 2 is 1.82 bits per heavy atom. The van der Waals surface area contributed by atoms with Crippen molar-refractivity contribution in [2.75, 3.05) is 5.75 Å². The number of sulfone groups is 1. The number of tetrazole rings is 1. The lowest BCUT2D eigenvalue weighted by molar-refractivity contribution is -0.114. The number of H-pyrrole nitrogens is 2. The van der Waals surface area contributed by atoms with Crippen LogP contribution in [0, 0.1) is 0 Å². The van der Waals surface area contributed by atoms with Gasteiger partial charge in [0.2, 0.25) is 11.6 Å². The second-order valence-corrected chi connectivity index (χ2v) is 10.4. The van der Waals surface area contributed by atoms with Crippen LogP contribution < -0.4 is 0 Å². The highest BCUT2D eigenvalue weighted by atomic mass is 35.5. The maximum absolute atomic E-state index is 12.7. The summed E-state index contributed by atoms with van der Waals surface area (Å²) in [5.74, 6) is -1.61. The van der Waals surface area contributed by atoms with Gasteiger partial charge in [0.15, 0.2) is 9.84 Å². The van der Waals surface area contributed by atoms with Gasteiger partial charge in [-0.15, -0.1) is 10.2 Å². The van der Waals surface area contributed by atoms with E-state index in [0.717, 1.165) is 24.8 Å². The second-order valence-electron chi connectivity index (χ2n) is 7.83. The van der Waals surface area contributed by atoms with Gasteiger partial charge in [-0.2, -0.15) is 5.21 Å². The summed E-state index contributed by atoms with van der Waals surface area (Å²) in [5, 5.41) is 13.1. The number of aromatic amines is 2. The fourth-order valence-electron chi connectivity index (χ4n) is 3.76. The molecule has 0 aliphatic rings. The molecule has 0 aliphatic carbocycles. The van der Waals surface area contributed by atoms with Gasteiger partial charge < -0.3 is 4.98 Å². The van der Waals surface area contributed by atoms with Gasteiger partial charge in [-0.25, -0.2) is 8.42 Å². The summed E-state index contributed by atoms with van der Waals surface area (Å²) in [4.78, 5) is 28.0. The van der Waals surface area contributed by atoms with Crippen LogP contribution in [0.15, 0.2) is 41.4 Å². The van der Waals surface area contributed by atoms with Crippen molar-refractivity contribution in [1.29, 1.82) is 0 Å². The first kappa shape index (κ1) is 24.8. The van der Waals surface area contributed by atoms with Crippen LogP contribution in [0.25, 0.3) is 0 Å². The molecule has 2 N–H and O–H groups in total. The third-order valence-corrected chi connectivity index (χ3v) is 7.56. The predicted octanol–water partition coefficient (Wildman–Crippen LogP) is 3.70. The van der Waals surface area contributed by atoms with E-state index in [1.54, 1.807) is 18.3 Å². The predicted molar refractivity (Wildman–Crippen MR) is 123 cm³/mol. The van der Waals surface area contributed by atoms with E-state index in [0.29, 0.717) is 23.6 Å². The molecule has 2 aromatic heterocycles. The molecule has 0 fully saturated rings. The molecule has 3 rings (SSSR count). The lowest BCUT2D eigenvalue weighted by atomic mass is 9.88. The number of carbonyl (C=O) groups is 2. The number of halogens is 1. The first-order chi connectivity index (χ1) is 15.8. The molecule has 0 spiro atoms. The first-order valence-corrected chi connectivity index (χ1v) is 12.8. The van der Waals surface area contributed by atoms with E-state index < -0.39 is 21.4 Å². The van der Waals surface area contributed by atoms with E-state index >= 15 is 0 Å². The zero-order valence-corrected chi connectivity index (χ0v) is 19.8. The number of nitrogens with zero attached hydrogens (tertiary/aromatic N) is 3. The van der Waals surface area contributed by atoms with Crippen LogP contribution in [0.5, 0.6) is 0 Å². The number of Topliss-reactive ketones (excluding diaryl/α,β-unsaturated/α-hetero) is 2. The van der Waals surface area contributed by atoms with Gasteiger partial charge in [-0.05, 0) is 66.3 Å². The zero-order valence-electron chi connectivity index (χ0n) is 18.3. The number of rotatable bonds is 13. The molecule has 3 aromatic rings. The van der Waals surface area contributed by atoms with Crippen LogP contribution in [0.1, 0.15) is 66.8 Å². The number of nitrogens with one attached hydrogen (secondary N) is 2. The SMILES string of the molecule is CCCCC(CCCS(=O)(=O)c1ccc(Cl)cc1)c1cc[nH]c1CC(=O)C(=O)c1nn[nH]n1. The molecular weight excluding hydrogens is 466 g/mol. The van der Waals surface area contributed by atoms with Crippen LogP contribution in [-0.2, 0) is 21.1 Å². The van der Waals surface area contributed by atoms with Crippen LogP contribution in [0.4, 0.5) is 0 Å². The monoisotopic (exact) mass is 491 g/mol. The van der Waals surface area contributed by atoms with Gasteiger partial charge in [0.1, 0.15) is 0 Å². The maximum atomic E-state index is 12.7. The second kappa shape index (κ2) is 11.3. The van der Waals surface area contributed by atoms with E-state index in [2.05, 4.69) is 32.5 Å². The number of aromatic nitrogens is 5. The van der Waals surface area contributed by atoms with Crippen LogP contribution in [0.2, 0.25) is 5.02 Å². The van der Waals surface area contributed by atoms with Crippen molar-refractivity contribution in [3.8, 4) is 0 Å². The molecule has 0 bridgehead atoms. The molecule has 33 heavy (non-hydrogen) atoms. The summed E-state index contributed by atoms with van der Waals surface area (Å²) < 4.78 is 25.3. The molecule has 1 aromatic carbocycles. The van der Waals surface area contributed by atoms with Gasteiger partial charge in [0.05, 0.1) is 17.1 Å². The molecule has 0 saturated carbocycles. The summed E-state index contributed by atoms with van der Waals surface area (Å²) in [6.45, 7) is 2.09. The lowest BCUT2D eigenvalue weighted by Gasteiger charge is -2.18. The molecule has 0 amide bonds. The van der Waals surface area contributed by atoms with Crippen molar-refractivity contribution in [3.05, 3.63) is 58.6 Å². The average molecular weight is 492 g/mol. The minimum atomic E-state index is -3.42. The molecule has 1 atom stereocenters. The summed E-state index contributed by atoms with van der Waals surface area (Å²) in [6.07, 6.45) is 5.56. The van der Waals surface area contributed by atoms with Crippen molar-refractivity contribution in [2.24, 2.45) is 0 Å². The Hall–Kier alpha value is -2.85. The molecule has 2 heterocycles. The minimum Gasteiger partial charge on any atom is -0.364 e. The molecule has 176 valence electrons. The van der Waals surface area contributed by atoms with Gasteiger partial charge in [0.25, 0.3) is 5.78 Å². The van der Waals surface area contributed by atoms with E-state index in [9.17, 15) is 18.0 Å². The number of hydrogen-bond donors (Lipinski definition) is 2. The average Bonchev–Trinajstić information content (AvgIpc) is 3.48. The van der Waals surface area contributed by atoms with Gasteiger partial charge in [-0.1, -0.05) is 31.4 Å². The Bertz CT molecular complexity index is 1170. The molecule has 0 radical (unpaired) electrons. The quantitative estimate of drug-likeness (QED) is 0.274. The molecule has 9 nitrogen and oxygen atoms in total. The third kappa shape index (κ3) is 6.58. The standard InChI is InChI=1S/C22H26ClN5O4S/c1-2-3-5-15(6-4-13-33(31,32)17-9-7-16(23)8-10-17)18-11-12-24-19(18)14-20(29)21(30)22-25-27-28-26-22/h7-12,15,24H,2-6,13-14H2,1H3,(H,25,26,27,28). The number of hydrogen-bond acceptors (Lipinski definition) is 7. The van der Waals surface area contributed by atoms with Gasteiger partial charge in [-0.3, -0.25) is 9.59 Å². The number of carbonyl (C=O) groups excluding carboxylic acids is 2. The van der Waals surface area contributed by atoms with Crippen molar-refractivity contribution in [2.45, 2.75) is 56.3 Å². The molecular formula is C22H26ClN5O4S. The Labute approximate surface area is 197 Å². The van der Waals surface area contributed by atoms with Crippen LogP contribution in [-0.4, -0.2) is 51.3 Å². The highest BCUT2D eigenvalue weighted by Crippen LogP contribution is 2.30.